The number of para-hydroxylation sites is 1. The minimum absolute atomic E-state index is 0.881. The number of anilines is 3. The molecule has 0 radical (unpaired) electrons. The average Bonchev–Trinajstić information content (AvgIpc) is 3.65. The van der Waals surface area contributed by atoms with Crippen LogP contribution in [0, 0.1) is 0 Å². The third-order valence-electron chi connectivity index (χ3n) is 11.2. The lowest BCUT2D eigenvalue weighted by atomic mass is 9.87. The largest absolute Gasteiger partial charge is 0.456 e. The Morgan fingerprint density at radius 3 is 1.77 bits per heavy atom. The first-order chi connectivity index (χ1) is 27.8. The first kappa shape index (κ1) is 32.0. The Bertz CT molecular complexity index is 3250. The second-order valence-electron chi connectivity index (χ2n) is 14.5. The second-order valence-corrected chi connectivity index (χ2v) is 14.5. The van der Waals surface area contributed by atoms with E-state index < -0.39 is 0 Å². The fourth-order valence-corrected chi connectivity index (χ4v) is 8.58. The van der Waals surface area contributed by atoms with Crippen molar-refractivity contribution in [3.63, 3.8) is 0 Å². The summed E-state index contributed by atoms with van der Waals surface area (Å²) >= 11 is 0. The molecular weight excluding hydrogens is 679 g/mol. The van der Waals surface area contributed by atoms with E-state index in [9.17, 15) is 0 Å². The Labute approximate surface area is 325 Å². The highest BCUT2D eigenvalue weighted by molar-refractivity contribution is 6.17. The first-order valence-corrected chi connectivity index (χ1v) is 19.2. The van der Waals surface area contributed by atoms with Gasteiger partial charge in [0.15, 0.2) is 0 Å². The maximum atomic E-state index is 6.48. The van der Waals surface area contributed by atoms with Gasteiger partial charge in [-0.1, -0.05) is 158 Å². The van der Waals surface area contributed by atoms with Crippen LogP contribution in [0.4, 0.5) is 17.1 Å². The van der Waals surface area contributed by atoms with Crippen molar-refractivity contribution in [1.29, 1.82) is 0 Å². The molecule has 2 nitrogen and oxygen atoms in total. The lowest BCUT2D eigenvalue weighted by Gasteiger charge is -2.30. The summed E-state index contributed by atoms with van der Waals surface area (Å²) in [5.74, 6) is 0. The first-order valence-electron chi connectivity index (χ1n) is 19.2. The van der Waals surface area contributed by atoms with Crippen molar-refractivity contribution in [2.45, 2.75) is 0 Å². The second kappa shape index (κ2) is 13.2. The van der Waals surface area contributed by atoms with Crippen LogP contribution in [0.1, 0.15) is 0 Å². The van der Waals surface area contributed by atoms with Gasteiger partial charge in [-0.25, -0.2) is 0 Å². The van der Waals surface area contributed by atoms with E-state index in [-0.39, 0.29) is 0 Å². The van der Waals surface area contributed by atoms with Crippen LogP contribution < -0.4 is 4.90 Å². The number of rotatable bonds is 6. The maximum absolute atomic E-state index is 6.48. The Kier molecular flexibility index (Phi) is 7.53. The summed E-state index contributed by atoms with van der Waals surface area (Å²) < 4.78 is 6.48. The van der Waals surface area contributed by atoms with Gasteiger partial charge in [-0.15, -0.1) is 0 Å². The molecule has 0 spiro atoms. The number of furan rings is 1. The molecule has 56 heavy (non-hydrogen) atoms. The van der Waals surface area contributed by atoms with Crippen molar-refractivity contribution in [1.82, 2.24) is 0 Å². The molecule has 0 fully saturated rings. The smallest absolute Gasteiger partial charge is 0.136 e. The quantitative estimate of drug-likeness (QED) is 0.160. The van der Waals surface area contributed by atoms with Crippen LogP contribution in [0.15, 0.2) is 217 Å². The summed E-state index contributed by atoms with van der Waals surface area (Å²) in [5.41, 5.74) is 12.0. The molecular formula is C54H35NO. The standard InChI is InChI=1S/C54H35NO/c1-2-13-36(14-3-1)38-25-29-42(30-26-38)55(43-31-27-37-15-4-5-16-39(37)33-43)51-23-12-22-45(41-28-32-49-48-21-10-11-24-52(48)56-53(49)35-41)54(51)50-34-40-17-6-7-18-44(40)46-19-8-9-20-47(46)50/h1-35H. The molecule has 1 aromatic heterocycles. The lowest BCUT2D eigenvalue weighted by molar-refractivity contribution is 0.669. The normalized spacial score (nSPS) is 11.6. The lowest BCUT2D eigenvalue weighted by Crippen LogP contribution is -2.12. The van der Waals surface area contributed by atoms with Crippen LogP contribution in [0.2, 0.25) is 0 Å². The predicted molar refractivity (Wildman–Crippen MR) is 237 cm³/mol. The van der Waals surface area contributed by atoms with Gasteiger partial charge in [0, 0.05) is 27.7 Å². The molecule has 1 heterocycles. The highest BCUT2D eigenvalue weighted by Gasteiger charge is 2.23. The summed E-state index contributed by atoms with van der Waals surface area (Å²) in [5, 5.41) is 9.56. The van der Waals surface area contributed by atoms with Crippen LogP contribution in [0.5, 0.6) is 0 Å². The summed E-state index contributed by atoms with van der Waals surface area (Å²) in [4.78, 5) is 2.43. The van der Waals surface area contributed by atoms with Crippen LogP contribution in [0.25, 0.3) is 87.6 Å². The molecule has 0 aliphatic heterocycles. The van der Waals surface area contributed by atoms with E-state index in [1.807, 2.05) is 12.1 Å². The third kappa shape index (κ3) is 5.34. The van der Waals surface area contributed by atoms with Gasteiger partial charge >= 0.3 is 0 Å². The van der Waals surface area contributed by atoms with Crippen LogP contribution >= 0.6 is 0 Å². The molecule has 0 atom stereocenters. The van der Waals surface area contributed by atoms with Crippen LogP contribution in [-0.2, 0) is 0 Å². The zero-order valence-electron chi connectivity index (χ0n) is 30.6. The molecule has 11 rings (SSSR count). The van der Waals surface area contributed by atoms with Crippen molar-refractivity contribution < 1.29 is 4.42 Å². The number of hydrogen-bond acceptors (Lipinski definition) is 2. The Morgan fingerprint density at radius 2 is 0.929 bits per heavy atom. The molecule has 10 aromatic carbocycles. The molecule has 0 unspecified atom stereocenters. The molecule has 0 aliphatic rings. The Hall–Kier alpha value is -7.42. The zero-order valence-corrected chi connectivity index (χ0v) is 30.6. The highest BCUT2D eigenvalue weighted by atomic mass is 16.3. The molecule has 0 saturated carbocycles. The SMILES string of the molecule is c1ccc(-c2ccc(N(c3ccc4ccccc4c3)c3cccc(-c4ccc5c(c4)oc4ccccc45)c3-c3cc4ccccc4c4ccccc34)cc2)cc1. The van der Waals surface area contributed by atoms with Gasteiger partial charge in [-0.3, -0.25) is 0 Å². The molecule has 0 bridgehead atoms. The van der Waals surface area contributed by atoms with E-state index >= 15 is 0 Å². The van der Waals surface area contributed by atoms with E-state index in [2.05, 4.69) is 205 Å². The minimum atomic E-state index is 0.881. The summed E-state index contributed by atoms with van der Waals surface area (Å²) in [6, 6.07) is 76.7. The van der Waals surface area contributed by atoms with E-state index in [1.165, 1.54) is 49.0 Å². The molecule has 0 N–H and O–H groups in total. The van der Waals surface area contributed by atoms with Crippen molar-refractivity contribution in [2.75, 3.05) is 4.90 Å². The van der Waals surface area contributed by atoms with Gasteiger partial charge in [0.2, 0.25) is 0 Å². The van der Waals surface area contributed by atoms with Crippen molar-refractivity contribution in [2.24, 2.45) is 0 Å². The van der Waals surface area contributed by atoms with E-state index in [4.69, 9.17) is 4.42 Å². The van der Waals surface area contributed by atoms with Crippen LogP contribution in [0.3, 0.4) is 0 Å². The molecule has 0 aliphatic carbocycles. The fraction of sp³-hybridized carbons (Fsp3) is 0. The van der Waals surface area contributed by atoms with Gasteiger partial charge in [-0.05, 0) is 115 Å². The van der Waals surface area contributed by atoms with E-state index in [0.717, 1.165) is 55.7 Å². The number of benzene rings is 10. The Balaban J connectivity index is 1.22. The summed E-state index contributed by atoms with van der Waals surface area (Å²) in [7, 11) is 0. The maximum Gasteiger partial charge on any atom is 0.136 e. The fourth-order valence-electron chi connectivity index (χ4n) is 8.58. The van der Waals surface area contributed by atoms with E-state index in [0.29, 0.717) is 0 Å². The number of hydrogen-bond donors (Lipinski definition) is 0. The highest BCUT2D eigenvalue weighted by Crippen LogP contribution is 2.49. The van der Waals surface area contributed by atoms with Gasteiger partial charge in [0.05, 0.1) is 5.69 Å². The molecule has 0 saturated heterocycles. The molecule has 2 heteroatoms. The van der Waals surface area contributed by atoms with Gasteiger partial charge < -0.3 is 9.32 Å². The predicted octanol–water partition coefficient (Wildman–Crippen LogP) is 15.5. The monoisotopic (exact) mass is 713 g/mol. The Morgan fingerprint density at radius 1 is 0.304 bits per heavy atom. The summed E-state index contributed by atoms with van der Waals surface area (Å²) in [6.07, 6.45) is 0. The van der Waals surface area contributed by atoms with Crippen LogP contribution in [-0.4, -0.2) is 0 Å². The summed E-state index contributed by atoms with van der Waals surface area (Å²) in [6.45, 7) is 0. The van der Waals surface area contributed by atoms with Crippen molar-refractivity contribution in [3.8, 4) is 33.4 Å². The number of fused-ring (bicyclic) bond motifs is 7. The molecule has 262 valence electrons. The van der Waals surface area contributed by atoms with Gasteiger partial charge in [0.1, 0.15) is 11.2 Å². The third-order valence-corrected chi connectivity index (χ3v) is 11.2. The van der Waals surface area contributed by atoms with Crippen molar-refractivity contribution >= 4 is 71.3 Å². The van der Waals surface area contributed by atoms with Crippen molar-refractivity contribution in [3.05, 3.63) is 212 Å². The number of nitrogens with zero attached hydrogens (tertiary/aromatic N) is 1. The molecule has 0 amide bonds. The average molecular weight is 714 g/mol. The molecule has 11 aromatic rings. The van der Waals surface area contributed by atoms with Gasteiger partial charge in [-0.2, -0.15) is 0 Å². The topological polar surface area (TPSA) is 16.4 Å². The van der Waals surface area contributed by atoms with Gasteiger partial charge in [0.25, 0.3) is 0 Å². The zero-order chi connectivity index (χ0) is 37.0. The minimum Gasteiger partial charge on any atom is -0.456 e. The van der Waals surface area contributed by atoms with E-state index in [1.54, 1.807) is 0 Å².